The van der Waals surface area contributed by atoms with Gasteiger partial charge in [0.1, 0.15) is 13.2 Å². The number of rotatable bonds is 5. The normalized spacial score (nSPS) is 14.3. The van der Waals surface area contributed by atoms with E-state index < -0.39 is 10.0 Å². The van der Waals surface area contributed by atoms with Crippen LogP contribution in [0.15, 0.2) is 42.5 Å². The monoisotopic (exact) mass is 390 g/mol. The minimum Gasteiger partial charge on any atom is -0.486 e. The molecule has 1 heterocycles. The highest BCUT2D eigenvalue weighted by Gasteiger charge is 2.21. The molecule has 2 aromatic rings. The van der Waals surface area contributed by atoms with Crippen LogP contribution in [0.25, 0.3) is 0 Å². The van der Waals surface area contributed by atoms with Gasteiger partial charge in [0.2, 0.25) is 10.0 Å². The van der Waals surface area contributed by atoms with E-state index in [-0.39, 0.29) is 17.5 Å². The number of anilines is 1. The summed E-state index contributed by atoms with van der Waals surface area (Å²) in [5.74, 6) is 0.976. The average Bonchev–Trinajstić information content (AvgIpc) is 2.66. The molecule has 27 heavy (non-hydrogen) atoms. The minimum absolute atomic E-state index is 0.287. The molecule has 0 saturated heterocycles. The van der Waals surface area contributed by atoms with Crippen LogP contribution in [0.3, 0.4) is 0 Å². The highest BCUT2D eigenvalue weighted by atomic mass is 32.2. The van der Waals surface area contributed by atoms with E-state index in [2.05, 4.69) is 5.32 Å². The number of carbonyl (C=O) groups excluding carboxylic acids is 1. The predicted octanol–water partition coefficient (Wildman–Crippen LogP) is 2.34. The molecule has 1 aliphatic rings. The third-order valence-corrected chi connectivity index (χ3v) is 5.59. The highest BCUT2D eigenvalue weighted by Crippen LogP contribution is 2.32. The van der Waals surface area contributed by atoms with Gasteiger partial charge in [0, 0.05) is 7.05 Å². The van der Waals surface area contributed by atoms with Gasteiger partial charge in [-0.3, -0.25) is 9.10 Å². The summed E-state index contributed by atoms with van der Waals surface area (Å²) in [5, 5.41) is 2.91. The molecule has 1 aliphatic heterocycles. The molecule has 0 aromatic heterocycles. The first kappa shape index (κ1) is 19.0. The summed E-state index contributed by atoms with van der Waals surface area (Å²) < 4.78 is 35.9. The second kappa shape index (κ2) is 7.48. The molecular formula is C19H22N2O5S. The lowest BCUT2D eigenvalue weighted by molar-refractivity contribution is 0.0940. The second-order valence-electron chi connectivity index (χ2n) is 6.35. The fourth-order valence-electron chi connectivity index (χ4n) is 2.81. The summed E-state index contributed by atoms with van der Waals surface area (Å²) in [6.07, 6.45) is 1.10. The van der Waals surface area contributed by atoms with Gasteiger partial charge in [-0.2, -0.15) is 0 Å². The summed E-state index contributed by atoms with van der Waals surface area (Å²) in [6.45, 7) is 2.86. The summed E-state index contributed by atoms with van der Waals surface area (Å²) in [7, 11) is -2.06. The largest absolute Gasteiger partial charge is 0.486 e. The Morgan fingerprint density at radius 3 is 2.48 bits per heavy atom. The maximum atomic E-state index is 12.8. The number of nitrogens with one attached hydrogen (secondary N) is 1. The smallest absolute Gasteiger partial charge is 0.253 e. The summed E-state index contributed by atoms with van der Waals surface area (Å²) >= 11 is 0. The van der Waals surface area contributed by atoms with Crippen molar-refractivity contribution in [1.29, 1.82) is 0 Å². The van der Waals surface area contributed by atoms with Gasteiger partial charge in [0.25, 0.3) is 5.91 Å². The molecule has 3 rings (SSSR count). The molecule has 1 atom stereocenters. The van der Waals surface area contributed by atoms with Gasteiger partial charge in [-0.05, 0) is 36.8 Å². The lowest BCUT2D eigenvalue weighted by Gasteiger charge is -2.22. The van der Waals surface area contributed by atoms with Crippen molar-refractivity contribution in [2.75, 3.05) is 30.8 Å². The highest BCUT2D eigenvalue weighted by molar-refractivity contribution is 7.92. The van der Waals surface area contributed by atoms with E-state index in [0.29, 0.717) is 30.4 Å². The van der Waals surface area contributed by atoms with Crippen LogP contribution in [0, 0.1) is 0 Å². The summed E-state index contributed by atoms with van der Waals surface area (Å²) in [4.78, 5) is 12.8. The Bertz CT molecular complexity index is 958. The van der Waals surface area contributed by atoms with E-state index in [1.807, 2.05) is 25.1 Å². The maximum Gasteiger partial charge on any atom is 0.253 e. The Kier molecular flexibility index (Phi) is 5.27. The number of para-hydroxylation sites is 1. The van der Waals surface area contributed by atoms with Crippen molar-refractivity contribution >= 4 is 21.6 Å². The number of amides is 1. The van der Waals surface area contributed by atoms with E-state index in [9.17, 15) is 13.2 Å². The predicted molar refractivity (Wildman–Crippen MR) is 103 cm³/mol. The number of ether oxygens (including phenoxy) is 2. The molecule has 144 valence electrons. The Balaban J connectivity index is 1.82. The van der Waals surface area contributed by atoms with E-state index in [1.165, 1.54) is 7.05 Å². The lowest BCUT2D eigenvalue weighted by Crippen LogP contribution is -2.31. The zero-order valence-corrected chi connectivity index (χ0v) is 16.2. The van der Waals surface area contributed by atoms with Gasteiger partial charge in [-0.25, -0.2) is 8.42 Å². The molecule has 1 amide bonds. The fraction of sp³-hybridized carbons (Fsp3) is 0.316. The number of hydrogen-bond donors (Lipinski definition) is 1. The topological polar surface area (TPSA) is 84.9 Å². The first-order chi connectivity index (χ1) is 12.8. The van der Waals surface area contributed by atoms with E-state index in [0.717, 1.165) is 16.1 Å². The number of sulfonamides is 1. The standard InChI is InChI=1S/C19H22N2O5S/c1-13(14-8-9-17-18(12-14)26-11-10-25-17)20-19(22)15-6-4-5-7-16(15)21(2)27(3,23)24/h4-9,12-13H,10-11H2,1-3H3,(H,20,22). The van der Waals surface area contributed by atoms with Crippen LogP contribution in [0.1, 0.15) is 28.9 Å². The molecule has 1 N–H and O–H groups in total. The van der Waals surface area contributed by atoms with Crippen molar-refractivity contribution in [3.8, 4) is 11.5 Å². The zero-order valence-electron chi connectivity index (χ0n) is 15.4. The van der Waals surface area contributed by atoms with E-state index in [4.69, 9.17) is 9.47 Å². The zero-order chi connectivity index (χ0) is 19.6. The summed E-state index contributed by atoms with van der Waals surface area (Å²) in [6, 6.07) is 11.8. The number of nitrogens with zero attached hydrogens (tertiary/aromatic N) is 1. The van der Waals surface area contributed by atoms with E-state index in [1.54, 1.807) is 24.3 Å². The number of fused-ring (bicyclic) bond motifs is 1. The molecule has 0 fully saturated rings. The van der Waals surface area contributed by atoms with Crippen LogP contribution in [-0.2, 0) is 10.0 Å². The molecule has 0 radical (unpaired) electrons. The summed E-state index contributed by atoms with van der Waals surface area (Å²) in [5.41, 5.74) is 1.48. The Morgan fingerprint density at radius 2 is 1.78 bits per heavy atom. The molecule has 0 spiro atoms. The van der Waals surface area contributed by atoms with Gasteiger partial charge in [0.15, 0.2) is 11.5 Å². The van der Waals surface area contributed by atoms with Crippen molar-refractivity contribution in [3.63, 3.8) is 0 Å². The fourth-order valence-corrected chi connectivity index (χ4v) is 3.32. The molecule has 8 heteroatoms. The van der Waals surface area contributed by atoms with Gasteiger partial charge in [-0.15, -0.1) is 0 Å². The van der Waals surface area contributed by atoms with Crippen LogP contribution in [0.5, 0.6) is 11.5 Å². The van der Waals surface area contributed by atoms with Crippen molar-refractivity contribution in [1.82, 2.24) is 5.32 Å². The SMILES string of the molecule is CC(NC(=O)c1ccccc1N(C)S(C)(=O)=O)c1ccc2c(c1)OCCO2. The lowest BCUT2D eigenvalue weighted by atomic mass is 10.1. The Morgan fingerprint density at radius 1 is 1.11 bits per heavy atom. The van der Waals surface area contributed by atoms with Crippen LogP contribution < -0.4 is 19.1 Å². The second-order valence-corrected chi connectivity index (χ2v) is 8.36. The van der Waals surface area contributed by atoms with E-state index >= 15 is 0 Å². The van der Waals surface area contributed by atoms with Crippen LogP contribution in [0.4, 0.5) is 5.69 Å². The quantitative estimate of drug-likeness (QED) is 0.847. The van der Waals surface area contributed by atoms with Crippen LogP contribution in [0.2, 0.25) is 0 Å². The minimum atomic E-state index is -3.48. The maximum absolute atomic E-state index is 12.8. The van der Waals surface area contributed by atoms with Crippen LogP contribution in [-0.4, -0.2) is 40.8 Å². The first-order valence-corrected chi connectivity index (χ1v) is 10.4. The molecular weight excluding hydrogens is 368 g/mol. The van der Waals surface area contributed by atoms with Crippen molar-refractivity contribution < 1.29 is 22.7 Å². The third-order valence-electron chi connectivity index (χ3n) is 4.40. The molecule has 7 nitrogen and oxygen atoms in total. The van der Waals surface area contributed by atoms with Gasteiger partial charge >= 0.3 is 0 Å². The number of benzene rings is 2. The van der Waals surface area contributed by atoms with Crippen molar-refractivity contribution in [2.24, 2.45) is 0 Å². The molecule has 0 aliphatic carbocycles. The Labute approximate surface area is 158 Å². The van der Waals surface area contributed by atoms with Crippen molar-refractivity contribution in [3.05, 3.63) is 53.6 Å². The number of carbonyl (C=O) groups is 1. The van der Waals surface area contributed by atoms with Crippen LogP contribution >= 0.6 is 0 Å². The molecule has 0 saturated carbocycles. The third kappa shape index (κ3) is 4.16. The Hall–Kier alpha value is -2.74. The average molecular weight is 390 g/mol. The van der Waals surface area contributed by atoms with Gasteiger partial charge in [0.05, 0.1) is 23.5 Å². The molecule has 0 bridgehead atoms. The van der Waals surface area contributed by atoms with Crippen molar-refractivity contribution in [2.45, 2.75) is 13.0 Å². The molecule has 2 aromatic carbocycles. The van der Waals surface area contributed by atoms with Gasteiger partial charge in [-0.1, -0.05) is 18.2 Å². The first-order valence-electron chi connectivity index (χ1n) is 8.50. The van der Waals surface area contributed by atoms with Gasteiger partial charge < -0.3 is 14.8 Å². The number of hydrogen-bond acceptors (Lipinski definition) is 5. The molecule has 1 unspecified atom stereocenters.